The van der Waals surface area contributed by atoms with Gasteiger partial charge in [0.15, 0.2) is 5.78 Å². The first-order chi connectivity index (χ1) is 7.01. The van der Waals surface area contributed by atoms with Crippen LogP contribution in [0.1, 0.15) is 35.9 Å². The highest BCUT2D eigenvalue weighted by molar-refractivity contribution is 9.10. The molecule has 0 bridgehead atoms. The van der Waals surface area contributed by atoms with Gasteiger partial charge in [0.1, 0.15) is 12.2 Å². The Kier molecular flexibility index (Phi) is 1.73. The summed E-state index contributed by atoms with van der Waals surface area (Å²) in [5.41, 5.74) is 1.49. The molecule has 3 heteroatoms. The minimum absolute atomic E-state index is 0.0757. The Morgan fingerprint density at radius 1 is 1.40 bits per heavy atom. The molecule has 1 aromatic carbocycles. The molecule has 2 nitrogen and oxygen atoms in total. The molecular weight excluding hydrogens is 256 g/mol. The molecule has 0 amide bonds. The molecule has 0 radical (unpaired) electrons. The third-order valence-electron chi connectivity index (χ3n) is 3.35. The Balaban J connectivity index is 2.21. The number of ether oxygens (including phenoxy) is 1. The van der Waals surface area contributed by atoms with Gasteiger partial charge in [-0.15, -0.1) is 0 Å². The Hall–Kier alpha value is -0.670. The maximum Gasteiger partial charge on any atom is 0.171 e. The number of rotatable bonds is 0. The topological polar surface area (TPSA) is 29.6 Å². The minimum atomic E-state index is -0.370. The maximum atomic E-state index is 12.2. The van der Waals surface area contributed by atoms with E-state index in [1.807, 2.05) is 32.0 Å². The standard InChI is InChI=1S/C12H11BrO2/c1-12(2)10(14)7-4-3-6(13)5-8(7)9-11(12)15-9/h3-5,9,11H,1-2H3. The molecular formula is C12H11BrO2. The van der Waals surface area contributed by atoms with Gasteiger partial charge in [0.25, 0.3) is 0 Å². The van der Waals surface area contributed by atoms with Gasteiger partial charge >= 0.3 is 0 Å². The van der Waals surface area contributed by atoms with Crippen LogP contribution in [0.3, 0.4) is 0 Å². The maximum absolute atomic E-state index is 12.2. The van der Waals surface area contributed by atoms with E-state index in [1.54, 1.807) is 0 Å². The molecule has 78 valence electrons. The first-order valence-corrected chi connectivity index (χ1v) is 5.81. The molecule has 1 saturated heterocycles. The van der Waals surface area contributed by atoms with Crippen molar-refractivity contribution in [1.82, 2.24) is 0 Å². The first kappa shape index (κ1) is 9.55. The van der Waals surface area contributed by atoms with Crippen LogP contribution < -0.4 is 0 Å². The van der Waals surface area contributed by atoms with Crippen LogP contribution >= 0.6 is 15.9 Å². The zero-order valence-corrected chi connectivity index (χ0v) is 10.2. The summed E-state index contributed by atoms with van der Waals surface area (Å²) < 4.78 is 6.61. The zero-order valence-electron chi connectivity index (χ0n) is 8.58. The minimum Gasteiger partial charge on any atom is -0.363 e. The van der Waals surface area contributed by atoms with Gasteiger partial charge in [-0.25, -0.2) is 0 Å². The highest BCUT2D eigenvalue weighted by atomic mass is 79.9. The van der Waals surface area contributed by atoms with E-state index in [2.05, 4.69) is 15.9 Å². The quantitative estimate of drug-likeness (QED) is 0.676. The van der Waals surface area contributed by atoms with Gasteiger partial charge < -0.3 is 4.74 Å². The average molecular weight is 267 g/mol. The lowest BCUT2D eigenvalue weighted by molar-refractivity contribution is 0.0792. The van der Waals surface area contributed by atoms with Crippen molar-refractivity contribution in [2.45, 2.75) is 26.1 Å². The van der Waals surface area contributed by atoms with Crippen LogP contribution in [0, 0.1) is 5.41 Å². The Morgan fingerprint density at radius 2 is 2.13 bits per heavy atom. The number of carbonyl (C=O) groups is 1. The van der Waals surface area contributed by atoms with Crippen molar-refractivity contribution in [3.05, 3.63) is 33.8 Å². The van der Waals surface area contributed by atoms with Crippen LogP contribution in [0.15, 0.2) is 22.7 Å². The number of benzene rings is 1. The Bertz CT molecular complexity index is 465. The summed E-state index contributed by atoms with van der Waals surface area (Å²) in [5, 5.41) is 0. The number of hydrogen-bond acceptors (Lipinski definition) is 2. The molecule has 0 N–H and O–H groups in total. The average Bonchev–Trinajstić information content (AvgIpc) is 2.95. The summed E-state index contributed by atoms with van der Waals surface area (Å²) in [6, 6.07) is 5.80. The number of ketones is 1. The normalized spacial score (nSPS) is 30.7. The van der Waals surface area contributed by atoms with Crippen LogP contribution in [0.4, 0.5) is 0 Å². The van der Waals surface area contributed by atoms with Crippen molar-refractivity contribution in [3.8, 4) is 0 Å². The predicted molar refractivity (Wildman–Crippen MR) is 59.9 cm³/mol. The summed E-state index contributed by atoms with van der Waals surface area (Å²) in [6.45, 7) is 3.93. The molecule has 0 spiro atoms. The Morgan fingerprint density at radius 3 is 2.87 bits per heavy atom. The third-order valence-corrected chi connectivity index (χ3v) is 3.85. The molecule has 1 heterocycles. The van der Waals surface area contributed by atoms with Crippen molar-refractivity contribution in [1.29, 1.82) is 0 Å². The van der Waals surface area contributed by atoms with E-state index < -0.39 is 0 Å². The van der Waals surface area contributed by atoms with Crippen molar-refractivity contribution in [3.63, 3.8) is 0 Å². The van der Waals surface area contributed by atoms with Crippen LogP contribution in [0.25, 0.3) is 0 Å². The number of Topliss-reactive ketones (excluding diaryl/α,β-unsaturated/α-hetero) is 1. The summed E-state index contributed by atoms with van der Waals surface area (Å²) in [5.74, 6) is 0.198. The second-order valence-corrected chi connectivity index (χ2v) is 5.68. The highest BCUT2D eigenvalue weighted by Gasteiger charge is 2.58. The summed E-state index contributed by atoms with van der Waals surface area (Å²) in [7, 11) is 0. The number of halogens is 1. The molecule has 0 aromatic heterocycles. The fourth-order valence-corrected chi connectivity index (χ4v) is 2.73. The van der Waals surface area contributed by atoms with E-state index in [0.29, 0.717) is 0 Å². The predicted octanol–water partition coefficient (Wildman–Crippen LogP) is 3.11. The smallest absolute Gasteiger partial charge is 0.171 e. The van der Waals surface area contributed by atoms with Crippen molar-refractivity contribution in [2.24, 2.45) is 5.41 Å². The van der Waals surface area contributed by atoms with Gasteiger partial charge in [-0.1, -0.05) is 15.9 Å². The zero-order chi connectivity index (χ0) is 10.8. The van der Waals surface area contributed by atoms with E-state index in [9.17, 15) is 4.79 Å². The number of fused-ring (bicyclic) bond motifs is 3. The second-order valence-electron chi connectivity index (χ2n) is 4.76. The molecule has 1 aliphatic carbocycles. The molecule has 3 rings (SSSR count). The van der Waals surface area contributed by atoms with Crippen LogP contribution in [-0.4, -0.2) is 11.9 Å². The van der Waals surface area contributed by atoms with E-state index >= 15 is 0 Å². The molecule has 0 saturated carbocycles. The molecule has 1 fully saturated rings. The Labute approximate surface area is 96.8 Å². The van der Waals surface area contributed by atoms with Crippen LogP contribution in [-0.2, 0) is 4.74 Å². The molecule has 2 unspecified atom stereocenters. The van der Waals surface area contributed by atoms with Crippen molar-refractivity contribution >= 4 is 21.7 Å². The van der Waals surface area contributed by atoms with E-state index in [-0.39, 0.29) is 23.4 Å². The van der Waals surface area contributed by atoms with Gasteiger partial charge in [0, 0.05) is 10.0 Å². The number of carbonyl (C=O) groups excluding carboxylic acids is 1. The SMILES string of the molecule is CC1(C)C(=O)c2ccc(Br)cc2C2OC21. The first-order valence-electron chi connectivity index (χ1n) is 5.01. The molecule has 2 atom stereocenters. The van der Waals surface area contributed by atoms with Crippen molar-refractivity contribution < 1.29 is 9.53 Å². The van der Waals surface area contributed by atoms with Gasteiger partial charge in [0.05, 0.1) is 5.41 Å². The van der Waals surface area contributed by atoms with Crippen LogP contribution in [0.5, 0.6) is 0 Å². The van der Waals surface area contributed by atoms with E-state index in [4.69, 9.17) is 4.74 Å². The lowest BCUT2D eigenvalue weighted by Crippen LogP contribution is -2.34. The largest absolute Gasteiger partial charge is 0.363 e. The van der Waals surface area contributed by atoms with Gasteiger partial charge in [-0.2, -0.15) is 0 Å². The highest BCUT2D eigenvalue weighted by Crippen LogP contribution is 2.55. The molecule has 1 aliphatic heterocycles. The van der Waals surface area contributed by atoms with Crippen molar-refractivity contribution in [2.75, 3.05) is 0 Å². The fraction of sp³-hybridized carbons (Fsp3) is 0.417. The van der Waals surface area contributed by atoms with Crippen LogP contribution in [0.2, 0.25) is 0 Å². The summed E-state index contributed by atoms with van der Waals surface area (Å²) in [6.07, 6.45) is 0.206. The molecule has 15 heavy (non-hydrogen) atoms. The van der Waals surface area contributed by atoms with Gasteiger partial charge in [-0.3, -0.25) is 4.79 Å². The molecule has 1 aromatic rings. The molecule has 2 aliphatic rings. The lowest BCUT2D eigenvalue weighted by atomic mass is 9.73. The fourth-order valence-electron chi connectivity index (χ4n) is 2.35. The lowest BCUT2D eigenvalue weighted by Gasteiger charge is -2.26. The summed E-state index contributed by atoms with van der Waals surface area (Å²) in [4.78, 5) is 12.2. The van der Waals surface area contributed by atoms with Gasteiger partial charge in [-0.05, 0) is 37.6 Å². The summed E-state index contributed by atoms with van der Waals surface area (Å²) >= 11 is 3.42. The van der Waals surface area contributed by atoms with E-state index in [0.717, 1.165) is 15.6 Å². The monoisotopic (exact) mass is 266 g/mol. The number of epoxide rings is 1. The second kappa shape index (κ2) is 2.71. The van der Waals surface area contributed by atoms with E-state index in [1.165, 1.54) is 0 Å². The third kappa shape index (κ3) is 1.16. The number of hydrogen-bond donors (Lipinski definition) is 0. The van der Waals surface area contributed by atoms with Gasteiger partial charge in [0.2, 0.25) is 0 Å².